The number of nitrogens with one attached hydrogen (secondary N) is 3. The number of phenolic OH excluding ortho intramolecular Hbond substituents is 1. The molecule has 0 saturated carbocycles. The number of rotatable bonds is 32. The standard InChI is InChI=1S/C46H72N6O6/c1-4-5-6-7-8-9-10-11-12-13-14-15-19-24-43(56)51-34(2)41(54)33-38(30-36-25-27-39(53)28-26-36)45(58)52-40(31-35-21-17-16-18-22-35)42(55)32-37(44(57)49-3)23-20-29-50-46(47)48/h16-18,21-22,25-28,34,37-38,40,53H,4-15,19-20,23-24,29-33H2,1-3H3,(H,49,57)(H,51,56)(H,52,58)(H4,47,48,50)/t34-,37+,38+,40-/m0/s1. The lowest BCUT2D eigenvalue weighted by Crippen LogP contribution is -2.47. The quantitative estimate of drug-likeness (QED) is 0.0269. The van der Waals surface area contributed by atoms with Gasteiger partial charge in [-0.1, -0.05) is 126 Å². The molecular formula is C46H72N6O6. The summed E-state index contributed by atoms with van der Waals surface area (Å²) < 4.78 is 0. The fourth-order valence-corrected chi connectivity index (χ4v) is 7.14. The molecule has 58 heavy (non-hydrogen) atoms. The topological polar surface area (TPSA) is 206 Å². The van der Waals surface area contributed by atoms with Crippen molar-refractivity contribution in [3.05, 3.63) is 65.7 Å². The van der Waals surface area contributed by atoms with Gasteiger partial charge in [0.05, 0.1) is 12.1 Å². The molecule has 0 aliphatic heterocycles. The van der Waals surface area contributed by atoms with E-state index in [0.29, 0.717) is 25.8 Å². The van der Waals surface area contributed by atoms with Gasteiger partial charge in [0.15, 0.2) is 17.5 Å². The zero-order chi connectivity index (χ0) is 42.5. The van der Waals surface area contributed by atoms with Crippen molar-refractivity contribution in [1.29, 1.82) is 0 Å². The van der Waals surface area contributed by atoms with Crippen molar-refractivity contribution in [3.8, 4) is 5.75 Å². The van der Waals surface area contributed by atoms with E-state index in [9.17, 15) is 29.1 Å². The van der Waals surface area contributed by atoms with Crippen LogP contribution in [0, 0.1) is 11.8 Å². The molecule has 2 aromatic rings. The highest BCUT2D eigenvalue weighted by molar-refractivity contribution is 5.95. The molecule has 8 N–H and O–H groups in total. The number of carbonyl (C=O) groups is 5. The van der Waals surface area contributed by atoms with Gasteiger partial charge < -0.3 is 32.5 Å². The van der Waals surface area contributed by atoms with E-state index in [1.807, 2.05) is 30.3 Å². The van der Waals surface area contributed by atoms with Gasteiger partial charge in [0.2, 0.25) is 17.7 Å². The fraction of sp³-hybridized carbons (Fsp3) is 0.609. The van der Waals surface area contributed by atoms with Crippen LogP contribution >= 0.6 is 0 Å². The zero-order valence-corrected chi connectivity index (χ0v) is 35.4. The number of nitrogens with zero attached hydrogens (tertiary/aromatic N) is 1. The van der Waals surface area contributed by atoms with Crippen molar-refractivity contribution in [1.82, 2.24) is 16.0 Å². The van der Waals surface area contributed by atoms with E-state index in [1.54, 1.807) is 19.1 Å². The number of phenols is 1. The van der Waals surface area contributed by atoms with E-state index >= 15 is 0 Å². The number of aliphatic imine (C=N–C) groups is 1. The van der Waals surface area contributed by atoms with Crippen molar-refractivity contribution in [2.75, 3.05) is 13.6 Å². The molecule has 0 aliphatic rings. The molecule has 2 rings (SSSR count). The summed E-state index contributed by atoms with van der Waals surface area (Å²) in [5.41, 5.74) is 12.4. The van der Waals surface area contributed by atoms with Gasteiger partial charge in [0, 0.05) is 44.7 Å². The molecule has 0 aromatic heterocycles. The third-order valence-electron chi connectivity index (χ3n) is 10.7. The van der Waals surface area contributed by atoms with Crippen LogP contribution in [0.3, 0.4) is 0 Å². The Balaban J connectivity index is 2.04. The molecule has 12 heteroatoms. The van der Waals surface area contributed by atoms with Gasteiger partial charge in [-0.05, 0) is 62.3 Å². The monoisotopic (exact) mass is 805 g/mol. The number of hydrogen-bond donors (Lipinski definition) is 6. The second-order valence-electron chi connectivity index (χ2n) is 15.7. The minimum atomic E-state index is -0.977. The first kappa shape index (κ1) is 49.4. The highest BCUT2D eigenvalue weighted by atomic mass is 16.3. The largest absolute Gasteiger partial charge is 0.508 e. The molecule has 0 fully saturated rings. The van der Waals surface area contributed by atoms with Crippen molar-refractivity contribution < 1.29 is 29.1 Å². The van der Waals surface area contributed by atoms with E-state index in [0.717, 1.165) is 30.4 Å². The molecule has 3 amide bonds. The fourth-order valence-electron chi connectivity index (χ4n) is 7.14. The van der Waals surface area contributed by atoms with Gasteiger partial charge in [0.25, 0.3) is 0 Å². The SMILES string of the molecule is CCCCCCCCCCCCCCCC(=O)N[C@@H](C)C(=O)C[C@@H](Cc1ccc(O)cc1)C(=O)N[C@@H](Cc1ccccc1)C(=O)C[C@@H](CCCN=C(N)N)C(=O)NC. The van der Waals surface area contributed by atoms with Gasteiger partial charge in [-0.3, -0.25) is 29.0 Å². The van der Waals surface area contributed by atoms with Gasteiger partial charge in [-0.15, -0.1) is 0 Å². The van der Waals surface area contributed by atoms with Gasteiger partial charge >= 0.3 is 0 Å². The van der Waals surface area contributed by atoms with Crippen molar-refractivity contribution in [2.24, 2.45) is 28.3 Å². The smallest absolute Gasteiger partial charge is 0.224 e. The van der Waals surface area contributed by atoms with Crippen LogP contribution in [-0.4, -0.2) is 66.0 Å². The summed E-state index contributed by atoms with van der Waals surface area (Å²) in [5.74, 6) is -3.15. The summed E-state index contributed by atoms with van der Waals surface area (Å²) in [7, 11) is 1.51. The van der Waals surface area contributed by atoms with E-state index in [2.05, 4.69) is 27.9 Å². The normalized spacial score (nSPS) is 13.1. The molecule has 0 heterocycles. The van der Waals surface area contributed by atoms with E-state index in [-0.39, 0.29) is 60.8 Å². The number of ketones is 2. The molecule has 0 bridgehead atoms. The Hall–Kier alpha value is -4.74. The lowest BCUT2D eigenvalue weighted by Gasteiger charge is -2.24. The van der Waals surface area contributed by atoms with E-state index < -0.39 is 29.8 Å². The highest BCUT2D eigenvalue weighted by Crippen LogP contribution is 2.20. The minimum Gasteiger partial charge on any atom is -0.508 e. The predicted molar refractivity (Wildman–Crippen MR) is 232 cm³/mol. The Morgan fingerprint density at radius 2 is 1.21 bits per heavy atom. The number of nitrogens with two attached hydrogens (primary N) is 2. The number of carbonyl (C=O) groups excluding carboxylic acids is 5. The Morgan fingerprint density at radius 3 is 1.78 bits per heavy atom. The number of amides is 3. The van der Waals surface area contributed by atoms with Crippen LogP contribution in [0.4, 0.5) is 0 Å². The second-order valence-corrected chi connectivity index (χ2v) is 15.7. The van der Waals surface area contributed by atoms with Gasteiger partial charge in [0.1, 0.15) is 5.75 Å². The molecular weight excluding hydrogens is 733 g/mol. The summed E-state index contributed by atoms with van der Waals surface area (Å²) in [6.45, 7) is 4.18. The average Bonchev–Trinajstić information content (AvgIpc) is 3.20. The number of Topliss-reactive ketones (excluding diaryl/α,β-unsaturated/α-hetero) is 2. The maximum Gasteiger partial charge on any atom is 0.224 e. The third-order valence-corrected chi connectivity index (χ3v) is 10.7. The van der Waals surface area contributed by atoms with Crippen LogP contribution in [-0.2, 0) is 36.8 Å². The average molecular weight is 805 g/mol. The summed E-state index contributed by atoms with van der Waals surface area (Å²) in [4.78, 5) is 71.3. The maximum absolute atomic E-state index is 14.1. The molecule has 0 saturated heterocycles. The number of guanidine groups is 1. The maximum atomic E-state index is 14.1. The predicted octanol–water partition coefficient (Wildman–Crippen LogP) is 6.60. The van der Waals surface area contributed by atoms with Crippen LogP contribution in [0.25, 0.3) is 0 Å². The summed E-state index contributed by atoms with van der Waals surface area (Å²) >= 11 is 0. The number of aromatic hydroxyl groups is 1. The Morgan fingerprint density at radius 1 is 0.655 bits per heavy atom. The van der Waals surface area contributed by atoms with Gasteiger partial charge in [-0.2, -0.15) is 0 Å². The van der Waals surface area contributed by atoms with Crippen LogP contribution in [0.15, 0.2) is 59.6 Å². The van der Waals surface area contributed by atoms with Crippen molar-refractivity contribution in [2.45, 2.75) is 154 Å². The second kappa shape index (κ2) is 29.5. The molecule has 0 aliphatic carbocycles. The van der Waals surface area contributed by atoms with Crippen LogP contribution < -0.4 is 27.4 Å². The first-order valence-corrected chi connectivity index (χ1v) is 21.7. The molecule has 0 radical (unpaired) electrons. The molecule has 2 aromatic carbocycles. The highest BCUT2D eigenvalue weighted by Gasteiger charge is 2.31. The molecule has 12 nitrogen and oxygen atoms in total. The first-order valence-electron chi connectivity index (χ1n) is 21.7. The van der Waals surface area contributed by atoms with Crippen molar-refractivity contribution >= 4 is 35.2 Å². The third kappa shape index (κ3) is 21.7. The van der Waals surface area contributed by atoms with Crippen LogP contribution in [0.5, 0.6) is 5.75 Å². The number of unbranched alkanes of at least 4 members (excludes halogenated alkanes) is 12. The van der Waals surface area contributed by atoms with Crippen LogP contribution in [0.1, 0.15) is 141 Å². The Bertz CT molecular complexity index is 1530. The first-order chi connectivity index (χ1) is 27.9. The Labute approximate surface area is 347 Å². The molecule has 4 atom stereocenters. The summed E-state index contributed by atoms with van der Waals surface area (Å²) in [6, 6.07) is 13.9. The van der Waals surface area contributed by atoms with E-state index in [4.69, 9.17) is 11.5 Å². The van der Waals surface area contributed by atoms with Gasteiger partial charge in [-0.25, -0.2) is 0 Å². The lowest BCUT2D eigenvalue weighted by atomic mass is 9.89. The Kier molecular flexibility index (Phi) is 25.1. The molecule has 322 valence electrons. The molecule has 0 spiro atoms. The lowest BCUT2D eigenvalue weighted by molar-refractivity contribution is -0.134. The van der Waals surface area contributed by atoms with Crippen molar-refractivity contribution in [3.63, 3.8) is 0 Å². The summed E-state index contributed by atoms with van der Waals surface area (Å²) in [5, 5.41) is 18.2. The molecule has 0 unspecified atom stereocenters. The number of benzene rings is 2. The zero-order valence-electron chi connectivity index (χ0n) is 35.4. The van der Waals surface area contributed by atoms with E-state index in [1.165, 1.54) is 83.4 Å². The van der Waals surface area contributed by atoms with Crippen LogP contribution in [0.2, 0.25) is 0 Å². The minimum absolute atomic E-state index is 0.0552. The summed E-state index contributed by atoms with van der Waals surface area (Å²) in [6.07, 6.45) is 17.0. The number of hydrogen-bond acceptors (Lipinski definition) is 7.